The number of carbonyl (C=O) groups excluding carboxylic acids is 2. The largest absolute Gasteiger partial charge is 0.493 e. The number of unbranched alkanes of at least 4 members (excludes halogenated alkanes) is 2. The van der Waals surface area contributed by atoms with Crippen LogP contribution in [0, 0.1) is 41.5 Å². The second-order valence-electron chi connectivity index (χ2n) is 33.8. The van der Waals surface area contributed by atoms with Crippen LogP contribution in [-0.2, 0) is 44.6 Å². The maximum Gasteiger partial charge on any atom is 0.316 e. The van der Waals surface area contributed by atoms with Gasteiger partial charge < -0.3 is 32.7 Å². The number of H-pyrrole nitrogens is 4. The van der Waals surface area contributed by atoms with Crippen LogP contribution in [0.25, 0.3) is 45.4 Å². The number of nitrogens with one attached hydrogen (secondary N) is 9. The molecule has 9 N–H and O–H groups in total. The van der Waals surface area contributed by atoms with E-state index in [-0.39, 0.29) is 34.7 Å². The summed E-state index contributed by atoms with van der Waals surface area (Å²) in [6.45, 7) is 41.8. The summed E-state index contributed by atoms with van der Waals surface area (Å²) in [7, 11) is 0. The van der Waals surface area contributed by atoms with Gasteiger partial charge in [0.2, 0.25) is 0 Å². The van der Waals surface area contributed by atoms with E-state index in [4.69, 9.17) is 32.1 Å². The predicted octanol–water partition coefficient (Wildman–Crippen LogP) is 18.8. The van der Waals surface area contributed by atoms with Gasteiger partial charge in [-0.25, -0.2) is 19.0 Å². The van der Waals surface area contributed by atoms with Gasteiger partial charge in [-0.3, -0.25) is 34.7 Å². The Hall–Kier alpha value is -12.6. The summed E-state index contributed by atoms with van der Waals surface area (Å²) in [6, 6.07) is 51.8. The van der Waals surface area contributed by atoms with Crippen molar-refractivity contribution in [2.45, 2.75) is 199 Å². The molecule has 7 aromatic carbocycles. The van der Waals surface area contributed by atoms with Crippen molar-refractivity contribution < 1.29 is 44.2 Å². The van der Waals surface area contributed by atoms with Crippen LogP contribution >= 0.6 is 0 Å². The first kappa shape index (κ1) is 92.5. The van der Waals surface area contributed by atoms with E-state index in [0.29, 0.717) is 116 Å². The summed E-state index contributed by atoms with van der Waals surface area (Å²) in [5, 5.41) is 45.0. The summed E-state index contributed by atoms with van der Waals surface area (Å²) in [6.07, 6.45) is 3.74. The molecule has 0 aliphatic rings. The second-order valence-corrected chi connectivity index (χ2v) is 36.4. The van der Waals surface area contributed by atoms with Crippen LogP contribution in [-0.4, -0.2) is 117 Å². The molecule has 34 heteroatoms. The molecular weight excluding hydrogens is 1660 g/mol. The maximum atomic E-state index is 13.7. The third kappa shape index (κ3) is 24.3. The summed E-state index contributed by atoms with van der Waals surface area (Å²) >= 11 is -5.07. The molecule has 0 aliphatic heterocycles. The monoisotopic (exact) mass is 1770 g/mol. The second kappa shape index (κ2) is 41.0. The lowest BCUT2D eigenvalue weighted by Crippen LogP contribution is -2.26. The minimum absolute atomic E-state index is 0.0218. The topological polar surface area (TPSA) is 376 Å². The van der Waals surface area contributed by atoms with Gasteiger partial charge in [0.05, 0.1) is 36.4 Å². The molecule has 126 heavy (non-hydrogen) atoms. The fraction of sp³-hybridized carbons (Fsp3) is 0.348. The lowest BCUT2D eigenvalue weighted by Gasteiger charge is -2.15. The van der Waals surface area contributed by atoms with E-state index >= 15 is 0 Å². The zero-order valence-corrected chi connectivity index (χ0v) is 77.3. The maximum absolute atomic E-state index is 13.7. The molecule has 8 aromatic heterocycles. The van der Waals surface area contributed by atoms with Crippen LogP contribution in [0.3, 0.4) is 0 Å². The molecule has 0 aliphatic carbocycles. The molecule has 15 aromatic rings. The van der Waals surface area contributed by atoms with Crippen LogP contribution in [0.2, 0.25) is 0 Å². The standard InChI is InChI=1S/C38H46N6O4.C21H23N5O2S.C17H23N5O2S.C16H21N5O2S/c1-8-10-16-47-31-14-12-24(3)18-29(31)36(45)39-27-20-26(35-41-34-23-33(38(5,6)7)42-44(34)43-35)21-28(22-27)40-37(46)30-19-25(4)13-15-32(30)48-17-11-9-2;1-13(2)18-12-20-22-21(24-26(20)23-18)16-7-9-17(10-8-16)25-29(27)28-19-11-14(3)5-6-15(19)4;1-11-6-8-13(9-7-11)24-25(23)21-12(2)16-19-18-15-10-14(17(3,4)5)20-22(15)16;1-10(2)14-9-15-17-18-16(21(15)19-14)12(4)20-24(22)23-13-7-5-11(3)6-8-13/h12-15,18-23,42H,8-11,16-17H2,1-7H3,(H,39,45)(H,40,46);5-13,23,25H,1-4H3;6-10,12,20-21H,1-5H3;5-10,12,19-20H,1-4H3. The first-order chi connectivity index (χ1) is 60.0. The van der Waals surface area contributed by atoms with E-state index in [1.54, 1.807) is 60.8 Å². The molecule has 664 valence electrons. The van der Waals surface area contributed by atoms with Gasteiger partial charge in [0.25, 0.3) is 34.3 Å². The fourth-order valence-corrected chi connectivity index (χ4v) is 14.9. The van der Waals surface area contributed by atoms with Crippen molar-refractivity contribution >= 4 is 85.3 Å². The quantitative estimate of drug-likeness (QED) is 0.0189. The van der Waals surface area contributed by atoms with Crippen LogP contribution < -0.4 is 46.8 Å². The van der Waals surface area contributed by atoms with Crippen molar-refractivity contribution in [3.8, 4) is 51.5 Å². The lowest BCUT2D eigenvalue weighted by atomic mass is 9.93. The van der Waals surface area contributed by atoms with Gasteiger partial charge in [0, 0.05) is 86.1 Å². The summed E-state index contributed by atoms with van der Waals surface area (Å²) in [5.74, 6) is 5.19. The number of fused-ring (bicyclic) bond motifs is 4. The van der Waals surface area contributed by atoms with Gasteiger partial charge in [-0.05, 0) is 188 Å². The number of nitrogens with zero attached hydrogens (tertiary/aromatic N) is 12. The third-order valence-electron chi connectivity index (χ3n) is 20.1. The Labute approximate surface area is 741 Å². The molecule has 0 saturated carbocycles. The third-order valence-corrected chi connectivity index (χ3v) is 22.7. The van der Waals surface area contributed by atoms with Crippen LogP contribution in [0.5, 0.6) is 28.7 Å². The first-order valence-corrected chi connectivity index (χ1v) is 45.2. The van der Waals surface area contributed by atoms with Crippen LogP contribution in [0.15, 0.2) is 170 Å². The zero-order valence-electron chi connectivity index (χ0n) is 74.9. The molecule has 0 saturated heterocycles. The smallest absolute Gasteiger partial charge is 0.316 e. The Kier molecular flexibility index (Phi) is 30.1. The molecule has 0 radical (unpaired) electrons. The number of anilines is 3. The predicted molar refractivity (Wildman–Crippen MR) is 496 cm³/mol. The Morgan fingerprint density at radius 3 is 1.33 bits per heavy atom. The van der Waals surface area contributed by atoms with Crippen molar-refractivity contribution in [1.29, 1.82) is 0 Å². The Morgan fingerprint density at radius 1 is 0.421 bits per heavy atom. The number of rotatable bonds is 30. The van der Waals surface area contributed by atoms with E-state index in [0.717, 1.165) is 104 Å². The van der Waals surface area contributed by atoms with Crippen molar-refractivity contribution in [3.05, 3.63) is 249 Å². The molecule has 0 fully saturated rings. The highest BCUT2D eigenvalue weighted by atomic mass is 32.2. The van der Waals surface area contributed by atoms with Gasteiger partial charge in [-0.1, -0.05) is 167 Å². The van der Waals surface area contributed by atoms with Crippen LogP contribution in [0.1, 0.15) is 235 Å². The highest BCUT2D eigenvalue weighted by Gasteiger charge is 2.27. The minimum atomic E-state index is -1.70. The van der Waals surface area contributed by atoms with E-state index < -0.39 is 33.8 Å². The van der Waals surface area contributed by atoms with E-state index in [1.807, 2.05) is 183 Å². The summed E-state index contributed by atoms with van der Waals surface area (Å²) in [5.41, 5.74) is 17.1. The van der Waals surface area contributed by atoms with Gasteiger partial charge in [-0.2, -0.15) is 31.3 Å². The van der Waals surface area contributed by atoms with Crippen LogP contribution in [0.4, 0.5) is 17.1 Å². The van der Waals surface area contributed by atoms with Gasteiger partial charge >= 0.3 is 11.3 Å². The highest BCUT2D eigenvalue weighted by Crippen LogP contribution is 2.33. The zero-order chi connectivity index (χ0) is 90.4. The molecule has 8 heterocycles. The first-order valence-electron chi connectivity index (χ1n) is 42.0. The molecule has 15 rings (SSSR count). The highest BCUT2D eigenvalue weighted by molar-refractivity contribution is 7.82. The molecular formula is C92H113N21O10S3. The molecule has 0 spiro atoms. The Balaban J connectivity index is 0.000000160. The number of aryl methyl sites for hydroxylation is 6. The van der Waals surface area contributed by atoms with E-state index in [2.05, 4.69) is 159 Å². The minimum Gasteiger partial charge on any atom is -0.493 e. The number of ether oxygens (including phenoxy) is 2. The Bertz CT molecular complexity index is 6170. The molecule has 0 bridgehead atoms. The van der Waals surface area contributed by atoms with Crippen molar-refractivity contribution in [2.24, 2.45) is 0 Å². The normalized spacial score (nSPS) is 12.8. The molecule has 2 amide bonds. The number of benzene rings is 7. The molecule has 5 atom stereocenters. The lowest BCUT2D eigenvalue weighted by molar-refractivity contribution is 0.101. The van der Waals surface area contributed by atoms with Gasteiger partial charge in [-0.15, -0.1) is 30.6 Å². The van der Waals surface area contributed by atoms with Gasteiger partial charge in [0.1, 0.15) is 28.7 Å². The van der Waals surface area contributed by atoms with Gasteiger partial charge in [0.15, 0.2) is 45.9 Å². The summed E-state index contributed by atoms with van der Waals surface area (Å²) < 4.78 is 80.5. The number of carbonyl (C=O) groups is 2. The Morgan fingerprint density at radius 2 is 0.849 bits per heavy atom. The van der Waals surface area contributed by atoms with E-state index in [9.17, 15) is 22.2 Å². The van der Waals surface area contributed by atoms with Crippen molar-refractivity contribution in [2.75, 3.05) is 28.6 Å². The van der Waals surface area contributed by atoms with Crippen molar-refractivity contribution in [1.82, 2.24) is 88.7 Å². The number of amides is 2. The van der Waals surface area contributed by atoms with E-state index in [1.165, 1.54) is 0 Å². The summed E-state index contributed by atoms with van der Waals surface area (Å²) in [4.78, 5) is 36.8. The average molecular weight is 1770 g/mol. The SMILES string of the molecule is CCCCOc1ccc(C)cc1C(=O)Nc1cc(NC(=O)c2cc(C)ccc2OCCCC)cc(-c2nc3cc(C(C)(C)C)[nH]n3n2)c1.Cc1ccc(C)c(OS(=O)Nc2ccc(-c3nc4cc(C(C)C)[nH]n4n3)cc2)c1.Cc1ccc(OS(=O)NC(C)c2nnc3cc(C(C)(C)C)[nH]n23)cc1.Cc1ccc(OS(=O)NC(C)c2nnc3cc(C(C)C)[nH]n23)cc1. The number of hydrogen-bond acceptors (Lipinski definition) is 18. The molecule has 31 nitrogen and oxygen atoms in total. The number of hydrogen-bond donors (Lipinski definition) is 9. The number of aromatic nitrogens is 16. The van der Waals surface area contributed by atoms with Crippen molar-refractivity contribution in [3.63, 3.8) is 0 Å². The fourth-order valence-electron chi connectivity index (χ4n) is 12.7. The average Bonchev–Trinajstić information content (AvgIpc) is 1.53. The molecule has 5 unspecified atom stereocenters. The number of aromatic amines is 4.